The van der Waals surface area contributed by atoms with Crippen molar-refractivity contribution in [3.63, 3.8) is 0 Å². The summed E-state index contributed by atoms with van der Waals surface area (Å²) in [4.78, 5) is 45.1. The van der Waals surface area contributed by atoms with Gasteiger partial charge in [-0.05, 0) is 44.2 Å². The van der Waals surface area contributed by atoms with Crippen molar-refractivity contribution in [2.45, 2.75) is 13.8 Å². The first-order valence-electron chi connectivity index (χ1n) is 9.48. The Labute approximate surface area is 171 Å². The van der Waals surface area contributed by atoms with Crippen LogP contribution in [0.25, 0.3) is 21.8 Å². The fraction of sp³-hybridized carbons (Fsp3) is 0.130. The zero-order valence-corrected chi connectivity index (χ0v) is 16.5. The molecule has 2 aromatic heterocycles. The molecule has 4 rings (SSSR count). The van der Waals surface area contributed by atoms with Crippen LogP contribution in [-0.2, 0) is 4.74 Å². The Bertz CT molecular complexity index is 1360. The molecule has 0 fully saturated rings. The molecule has 150 valence electrons. The van der Waals surface area contributed by atoms with E-state index < -0.39 is 11.4 Å². The Morgan fingerprint density at radius 1 is 1.07 bits per heavy atom. The van der Waals surface area contributed by atoms with Gasteiger partial charge in [-0.25, -0.2) is 4.79 Å². The summed E-state index contributed by atoms with van der Waals surface area (Å²) in [6.45, 7) is 3.67. The first-order valence-corrected chi connectivity index (χ1v) is 9.48. The number of para-hydroxylation sites is 1. The lowest BCUT2D eigenvalue weighted by Crippen LogP contribution is -2.18. The van der Waals surface area contributed by atoms with E-state index in [2.05, 4.69) is 15.3 Å². The van der Waals surface area contributed by atoms with E-state index in [1.807, 2.05) is 31.2 Å². The number of anilines is 1. The van der Waals surface area contributed by atoms with Crippen molar-refractivity contribution in [3.05, 3.63) is 81.8 Å². The van der Waals surface area contributed by atoms with E-state index in [1.165, 1.54) is 6.20 Å². The number of rotatable bonds is 4. The molecule has 7 nitrogen and oxygen atoms in total. The predicted molar refractivity (Wildman–Crippen MR) is 115 cm³/mol. The number of nitrogens with one attached hydrogen (secondary N) is 2. The van der Waals surface area contributed by atoms with Crippen LogP contribution in [0, 0.1) is 6.92 Å². The largest absolute Gasteiger partial charge is 0.462 e. The number of carbonyl (C=O) groups excluding carboxylic acids is 2. The molecule has 0 radical (unpaired) electrons. The summed E-state index contributed by atoms with van der Waals surface area (Å²) in [6.07, 6.45) is 1.34. The number of amides is 1. The minimum absolute atomic E-state index is 0.0800. The average Bonchev–Trinajstić information content (AvgIpc) is 2.73. The van der Waals surface area contributed by atoms with E-state index in [4.69, 9.17) is 4.74 Å². The van der Waals surface area contributed by atoms with E-state index in [0.717, 1.165) is 16.6 Å². The maximum absolute atomic E-state index is 13.0. The quantitative estimate of drug-likeness (QED) is 0.506. The van der Waals surface area contributed by atoms with E-state index in [9.17, 15) is 14.4 Å². The second-order valence-corrected chi connectivity index (χ2v) is 6.79. The molecule has 0 saturated carbocycles. The van der Waals surface area contributed by atoms with Gasteiger partial charge in [0.25, 0.3) is 5.91 Å². The van der Waals surface area contributed by atoms with E-state index in [0.29, 0.717) is 16.8 Å². The third-order valence-electron chi connectivity index (χ3n) is 4.72. The molecule has 0 atom stereocenters. The second kappa shape index (κ2) is 7.79. The van der Waals surface area contributed by atoms with Crippen LogP contribution in [0.2, 0.25) is 0 Å². The van der Waals surface area contributed by atoms with Gasteiger partial charge in [0, 0.05) is 33.9 Å². The molecule has 2 heterocycles. The van der Waals surface area contributed by atoms with Crippen molar-refractivity contribution in [1.29, 1.82) is 0 Å². The average molecular weight is 401 g/mol. The summed E-state index contributed by atoms with van der Waals surface area (Å²) in [7, 11) is 0. The van der Waals surface area contributed by atoms with Gasteiger partial charge < -0.3 is 15.0 Å². The highest BCUT2D eigenvalue weighted by Gasteiger charge is 2.16. The van der Waals surface area contributed by atoms with Crippen molar-refractivity contribution in [2.24, 2.45) is 0 Å². The maximum atomic E-state index is 13.0. The van der Waals surface area contributed by atoms with Crippen molar-refractivity contribution in [1.82, 2.24) is 9.97 Å². The van der Waals surface area contributed by atoms with Crippen LogP contribution in [0.3, 0.4) is 0 Å². The van der Waals surface area contributed by atoms with Crippen LogP contribution < -0.4 is 10.7 Å². The molecule has 0 aliphatic heterocycles. The summed E-state index contributed by atoms with van der Waals surface area (Å²) < 4.78 is 4.93. The fourth-order valence-electron chi connectivity index (χ4n) is 3.35. The smallest absolute Gasteiger partial charge is 0.343 e. The Kier molecular flexibility index (Phi) is 5.02. The van der Waals surface area contributed by atoms with Crippen LogP contribution in [0.15, 0.2) is 59.5 Å². The van der Waals surface area contributed by atoms with Crippen LogP contribution in [0.5, 0.6) is 0 Å². The number of pyridine rings is 2. The molecule has 0 saturated heterocycles. The molecule has 1 amide bonds. The van der Waals surface area contributed by atoms with Gasteiger partial charge in [-0.2, -0.15) is 0 Å². The number of H-pyrrole nitrogens is 1. The summed E-state index contributed by atoms with van der Waals surface area (Å²) in [5.74, 6) is -0.997. The Balaban J connectivity index is 1.72. The normalized spacial score (nSPS) is 10.9. The third-order valence-corrected chi connectivity index (χ3v) is 4.72. The van der Waals surface area contributed by atoms with Gasteiger partial charge in [-0.1, -0.05) is 18.2 Å². The highest BCUT2D eigenvalue weighted by molar-refractivity contribution is 6.12. The van der Waals surface area contributed by atoms with Crippen molar-refractivity contribution >= 4 is 39.4 Å². The Morgan fingerprint density at radius 3 is 2.67 bits per heavy atom. The van der Waals surface area contributed by atoms with Crippen molar-refractivity contribution in [3.8, 4) is 0 Å². The van der Waals surface area contributed by atoms with Gasteiger partial charge in [0.05, 0.1) is 17.7 Å². The minimum atomic E-state index is -0.686. The lowest BCUT2D eigenvalue weighted by atomic mass is 10.1. The molecule has 0 spiro atoms. The molecule has 2 N–H and O–H groups in total. The first kappa shape index (κ1) is 19.3. The molecule has 0 aliphatic carbocycles. The summed E-state index contributed by atoms with van der Waals surface area (Å²) in [6, 6.07) is 14.1. The van der Waals surface area contributed by atoms with Gasteiger partial charge >= 0.3 is 5.97 Å². The maximum Gasteiger partial charge on any atom is 0.343 e. The Morgan fingerprint density at radius 2 is 1.87 bits per heavy atom. The lowest BCUT2D eigenvalue weighted by Gasteiger charge is -2.10. The van der Waals surface area contributed by atoms with Crippen molar-refractivity contribution in [2.75, 3.05) is 11.9 Å². The number of aromatic nitrogens is 2. The Hall–Kier alpha value is -4.00. The van der Waals surface area contributed by atoms with Gasteiger partial charge in [0.1, 0.15) is 5.56 Å². The highest BCUT2D eigenvalue weighted by atomic mass is 16.5. The lowest BCUT2D eigenvalue weighted by molar-refractivity contribution is 0.0524. The molecule has 30 heavy (non-hydrogen) atoms. The fourth-order valence-corrected chi connectivity index (χ4v) is 3.35. The van der Waals surface area contributed by atoms with Crippen LogP contribution in [-0.4, -0.2) is 28.5 Å². The van der Waals surface area contributed by atoms with Crippen molar-refractivity contribution < 1.29 is 14.3 Å². The van der Waals surface area contributed by atoms with Crippen LogP contribution in [0.1, 0.15) is 33.3 Å². The summed E-state index contributed by atoms with van der Waals surface area (Å²) in [5, 5.41) is 3.86. The number of nitrogens with zero attached hydrogens (tertiary/aromatic N) is 1. The standard InChI is InChI=1S/C23H19N3O4/c1-3-30-23(29)18-12-24-19-9-8-14(11-17(19)21(18)27)26-22(28)16-10-13(2)25-20-7-5-4-6-15(16)20/h4-12H,3H2,1-2H3,(H,24,27)(H,26,28). The number of hydrogen-bond donors (Lipinski definition) is 2. The third kappa shape index (κ3) is 3.53. The van der Waals surface area contributed by atoms with Gasteiger partial charge in [-0.3, -0.25) is 14.6 Å². The monoisotopic (exact) mass is 401 g/mol. The van der Waals surface area contributed by atoms with Gasteiger partial charge in [0.15, 0.2) is 0 Å². The predicted octanol–water partition coefficient (Wildman–Crippen LogP) is 3.81. The number of hydrogen-bond acceptors (Lipinski definition) is 5. The number of esters is 1. The molecule has 0 unspecified atom stereocenters. The summed E-state index contributed by atoms with van der Waals surface area (Å²) >= 11 is 0. The highest BCUT2D eigenvalue weighted by Crippen LogP contribution is 2.21. The summed E-state index contributed by atoms with van der Waals surface area (Å²) in [5.41, 5.74) is 2.41. The van der Waals surface area contributed by atoms with E-state index in [1.54, 1.807) is 31.2 Å². The molecule has 7 heteroatoms. The number of ether oxygens (including phenoxy) is 1. The zero-order chi connectivity index (χ0) is 21.3. The number of carbonyl (C=O) groups is 2. The molecular weight excluding hydrogens is 382 g/mol. The zero-order valence-electron chi connectivity index (χ0n) is 16.5. The first-order chi connectivity index (χ1) is 14.5. The van der Waals surface area contributed by atoms with E-state index >= 15 is 0 Å². The van der Waals surface area contributed by atoms with Gasteiger partial charge in [-0.15, -0.1) is 0 Å². The topological polar surface area (TPSA) is 101 Å². The van der Waals surface area contributed by atoms with Crippen LogP contribution >= 0.6 is 0 Å². The number of benzene rings is 2. The number of aryl methyl sites for hydroxylation is 1. The van der Waals surface area contributed by atoms with Gasteiger partial charge in [0.2, 0.25) is 5.43 Å². The number of fused-ring (bicyclic) bond motifs is 2. The van der Waals surface area contributed by atoms with E-state index in [-0.39, 0.29) is 23.5 Å². The van der Waals surface area contributed by atoms with Crippen LogP contribution in [0.4, 0.5) is 5.69 Å². The molecule has 0 aliphatic rings. The molecule has 2 aromatic carbocycles. The SMILES string of the molecule is CCOC(=O)c1c[nH]c2ccc(NC(=O)c3cc(C)nc4ccccc34)cc2c1=O. The minimum Gasteiger partial charge on any atom is -0.462 e. The molecule has 0 bridgehead atoms. The molecular formula is C23H19N3O4. The second-order valence-electron chi connectivity index (χ2n) is 6.79. The molecule has 4 aromatic rings. The number of aromatic amines is 1.